The lowest BCUT2D eigenvalue weighted by atomic mass is 10.2. The molecule has 0 unspecified atom stereocenters. The van der Waals surface area contributed by atoms with E-state index in [1.807, 2.05) is 19.1 Å². The van der Waals surface area contributed by atoms with Gasteiger partial charge in [-0.25, -0.2) is 0 Å². The molecule has 0 saturated heterocycles. The van der Waals surface area contributed by atoms with E-state index in [2.05, 4.69) is 15.3 Å². The predicted octanol–water partition coefficient (Wildman–Crippen LogP) is 2.67. The Morgan fingerprint density at radius 2 is 2.25 bits per heavy atom. The van der Waals surface area contributed by atoms with E-state index in [9.17, 15) is 0 Å². The van der Waals surface area contributed by atoms with E-state index in [1.165, 1.54) is 0 Å². The second-order valence-electron chi connectivity index (χ2n) is 4.13. The van der Waals surface area contributed by atoms with Gasteiger partial charge in [-0.15, -0.1) is 0 Å². The summed E-state index contributed by atoms with van der Waals surface area (Å²) in [4.78, 5) is 9.56. The lowest BCUT2D eigenvalue weighted by Crippen LogP contribution is -2.06. The lowest BCUT2D eigenvalue weighted by Gasteiger charge is -2.03. The van der Waals surface area contributed by atoms with Crippen molar-refractivity contribution < 1.29 is 14.1 Å². The third-order valence-corrected chi connectivity index (χ3v) is 2.67. The molecule has 6 nitrogen and oxygen atoms in total. The second-order valence-corrected chi connectivity index (χ2v) is 4.13. The topological polar surface area (TPSA) is 69.7 Å². The van der Waals surface area contributed by atoms with Crippen LogP contribution in [-0.4, -0.2) is 29.6 Å². The number of hydrogen-bond donors (Lipinski definition) is 0. The lowest BCUT2D eigenvalue weighted by molar-refractivity contribution is 0.123. The summed E-state index contributed by atoms with van der Waals surface area (Å²) in [6, 6.07) is 5.57. The molecule has 2 aromatic rings. The van der Waals surface area contributed by atoms with Crippen molar-refractivity contribution in [3.63, 3.8) is 0 Å². The van der Waals surface area contributed by atoms with Gasteiger partial charge in [0, 0.05) is 24.9 Å². The molecular formula is C14H17N3O3. The number of methoxy groups -OCH3 is 1. The SMILES string of the molecule is CC/C(COC)=N/OCc1ccc(-c2ccno2)cn1. The molecular weight excluding hydrogens is 258 g/mol. The average molecular weight is 275 g/mol. The van der Waals surface area contributed by atoms with Gasteiger partial charge in [-0.1, -0.05) is 17.2 Å². The fourth-order valence-electron chi connectivity index (χ4n) is 1.57. The Balaban J connectivity index is 1.91. The van der Waals surface area contributed by atoms with Crippen LogP contribution in [0.15, 0.2) is 40.3 Å². The zero-order valence-corrected chi connectivity index (χ0v) is 11.6. The van der Waals surface area contributed by atoms with E-state index in [-0.39, 0.29) is 0 Å². The molecule has 0 aliphatic carbocycles. The van der Waals surface area contributed by atoms with E-state index < -0.39 is 0 Å². The molecule has 2 rings (SSSR count). The average Bonchev–Trinajstić information content (AvgIpc) is 3.01. The van der Waals surface area contributed by atoms with Crippen molar-refractivity contribution in [2.24, 2.45) is 5.16 Å². The number of ether oxygens (including phenoxy) is 1. The Morgan fingerprint density at radius 3 is 2.85 bits per heavy atom. The molecule has 0 aromatic carbocycles. The van der Waals surface area contributed by atoms with Gasteiger partial charge < -0.3 is 14.1 Å². The van der Waals surface area contributed by atoms with Crippen molar-refractivity contribution in [3.05, 3.63) is 36.3 Å². The number of nitrogens with zero attached hydrogens (tertiary/aromatic N) is 3. The monoisotopic (exact) mass is 275 g/mol. The highest BCUT2D eigenvalue weighted by Gasteiger charge is 2.03. The van der Waals surface area contributed by atoms with Gasteiger partial charge in [0.15, 0.2) is 12.4 Å². The fraction of sp³-hybridized carbons (Fsp3) is 0.357. The maximum absolute atomic E-state index is 5.27. The van der Waals surface area contributed by atoms with Crippen LogP contribution in [0.4, 0.5) is 0 Å². The number of pyridine rings is 1. The summed E-state index contributed by atoms with van der Waals surface area (Å²) in [5, 5.41) is 7.68. The van der Waals surface area contributed by atoms with Crippen LogP contribution in [0.3, 0.4) is 0 Å². The molecule has 0 saturated carbocycles. The summed E-state index contributed by atoms with van der Waals surface area (Å²) in [6.07, 6.45) is 4.12. The van der Waals surface area contributed by atoms with Gasteiger partial charge in [-0.2, -0.15) is 0 Å². The Bertz CT molecular complexity index is 535. The van der Waals surface area contributed by atoms with Gasteiger partial charge >= 0.3 is 0 Å². The number of aromatic nitrogens is 2. The summed E-state index contributed by atoms with van der Waals surface area (Å²) in [6.45, 7) is 2.81. The third kappa shape index (κ3) is 3.89. The van der Waals surface area contributed by atoms with Crippen LogP contribution in [-0.2, 0) is 16.2 Å². The highest BCUT2D eigenvalue weighted by molar-refractivity contribution is 5.84. The molecule has 0 amide bonds. The summed E-state index contributed by atoms with van der Waals surface area (Å²) < 4.78 is 10.1. The summed E-state index contributed by atoms with van der Waals surface area (Å²) >= 11 is 0. The molecule has 2 heterocycles. The minimum atomic E-state index is 0.323. The van der Waals surface area contributed by atoms with Crippen molar-refractivity contribution in [2.75, 3.05) is 13.7 Å². The van der Waals surface area contributed by atoms with E-state index in [0.29, 0.717) is 19.0 Å². The van der Waals surface area contributed by atoms with Crippen LogP contribution >= 0.6 is 0 Å². The minimum absolute atomic E-state index is 0.323. The highest BCUT2D eigenvalue weighted by Crippen LogP contribution is 2.17. The predicted molar refractivity (Wildman–Crippen MR) is 74.1 cm³/mol. The van der Waals surface area contributed by atoms with Crippen molar-refractivity contribution in [3.8, 4) is 11.3 Å². The van der Waals surface area contributed by atoms with Gasteiger partial charge in [0.25, 0.3) is 0 Å². The molecule has 0 fully saturated rings. The first kappa shape index (κ1) is 14.2. The van der Waals surface area contributed by atoms with Crippen LogP contribution < -0.4 is 0 Å². The van der Waals surface area contributed by atoms with Crippen LogP contribution in [0, 0.1) is 0 Å². The number of hydrogen-bond acceptors (Lipinski definition) is 6. The smallest absolute Gasteiger partial charge is 0.168 e. The van der Waals surface area contributed by atoms with Crippen molar-refractivity contribution in [1.29, 1.82) is 0 Å². The quantitative estimate of drug-likeness (QED) is 0.574. The molecule has 6 heteroatoms. The van der Waals surface area contributed by atoms with Crippen LogP contribution in [0.1, 0.15) is 19.0 Å². The van der Waals surface area contributed by atoms with Gasteiger partial charge in [0.2, 0.25) is 0 Å². The van der Waals surface area contributed by atoms with Crippen LogP contribution in [0.25, 0.3) is 11.3 Å². The molecule has 106 valence electrons. The Morgan fingerprint density at radius 1 is 1.35 bits per heavy atom. The molecule has 0 radical (unpaired) electrons. The van der Waals surface area contributed by atoms with Crippen LogP contribution in [0.2, 0.25) is 0 Å². The molecule has 0 aliphatic rings. The largest absolute Gasteiger partial charge is 0.389 e. The first-order valence-electron chi connectivity index (χ1n) is 6.36. The molecule has 0 atom stereocenters. The van der Waals surface area contributed by atoms with Gasteiger partial charge in [0.05, 0.1) is 24.2 Å². The van der Waals surface area contributed by atoms with E-state index in [1.54, 1.807) is 25.6 Å². The maximum atomic E-state index is 5.27. The van der Waals surface area contributed by atoms with Crippen molar-refractivity contribution in [1.82, 2.24) is 10.1 Å². The highest BCUT2D eigenvalue weighted by atomic mass is 16.6. The van der Waals surface area contributed by atoms with Gasteiger partial charge in [0.1, 0.15) is 0 Å². The van der Waals surface area contributed by atoms with Crippen molar-refractivity contribution >= 4 is 5.71 Å². The molecule has 0 spiro atoms. The molecule has 0 aliphatic heterocycles. The first-order valence-corrected chi connectivity index (χ1v) is 6.36. The van der Waals surface area contributed by atoms with E-state index in [0.717, 1.165) is 23.4 Å². The Kier molecular flexibility index (Phi) is 5.25. The summed E-state index contributed by atoms with van der Waals surface area (Å²) in [7, 11) is 1.63. The minimum Gasteiger partial charge on any atom is -0.389 e. The van der Waals surface area contributed by atoms with Gasteiger partial charge in [-0.3, -0.25) is 4.98 Å². The van der Waals surface area contributed by atoms with Gasteiger partial charge in [-0.05, 0) is 18.6 Å². The zero-order chi connectivity index (χ0) is 14.2. The van der Waals surface area contributed by atoms with Crippen LogP contribution in [0.5, 0.6) is 0 Å². The van der Waals surface area contributed by atoms with Crippen molar-refractivity contribution in [2.45, 2.75) is 20.0 Å². The number of oxime groups is 1. The molecule has 0 bridgehead atoms. The first-order chi connectivity index (χ1) is 9.83. The molecule has 20 heavy (non-hydrogen) atoms. The maximum Gasteiger partial charge on any atom is 0.168 e. The normalized spacial score (nSPS) is 11.6. The standard InChI is InChI=1S/C14H17N3O3/c1-3-12(9-18-2)17-19-10-13-5-4-11(8-15-13)14-6-7-16-20-14/h4-8H,3,9-10H2,1-2H3/b17-12-. The molecule has 2 aromatic heterocycles. The van der Waals surface area contributed by atoms with E-state index >= 15 is 0 Å². The number of rotatable bonds is 7. The third-order valence-electron chi connectivity index (χ3n) is 2.67. The molecule has 0 N–H and O–H groups in total. The zero-order valence-electron chi connectivity index (χ0n) is 11.6. The second kappa shape index (κ2) is 7.40. The van der Waals surface area contributed by atoms with E-state index in [4.69, 9.17) is 14.1 Å². The summed E-state index contributed by atoms with van der Waals surface area (Å²) in [5.41, 5.74) is 2.54. The Labute approximate surface area is 117 Å². The fourth-order valence-corrected chi connectivity index (χ4v) is 1.57. The Hall–Kier alpha value is -2.21. The summed E-state index contributed by atoms with van der Waals surface area (Å²) in [5.74, 6) is 0.691.